The third-order valence-electron chi connectivity index (χ3n) is 5.46. The van der Waals surface area contributed by atoms with Gasteiger partial charge in [0.1, 0.15) is 5.82 Å². The number of morpholine rings is 1. The fourth-order valence-corrected chi connectivity index (χ4v) is 4.04. The minimum atomic E-state index is 0.387. The molecule has 2 fully saturated rings. The molecule has 5 nitrogen and oxygen atoms in total. The van der Waals surface area contributed by atoms with Gasteiger partial charge in [-0.2, -0.15) is 0 Å². The molecule has 0 radical (unpaired) electrons. The molecular formula is C21H28N4O. The lowest BCUT2D eigenvalue weighted by molar-refractivity contribution is -0.0836. The summed E-state index contributed by atoms with van der Waals surface area (Å²) in [6, 6.07) is 15.9. The van der Waals surface area contributed by atoms with E-state index >= 15 is 0 Å². The summed E-state index contributed by atoms with van der Waals surface area (Å²) in [7, 11) is 4.04. The van der Waals surface area contributed by atoms with E-state index in [4.69, 9.17) is 4.74 Å². The number of ether oxygens (including phenoxy) is 1. The van der Waals surface area contributed by atoms with E-state index in [1.807, 2.05) is 25.2 Å². The molecule has 26 heavy (non-hydrogen) atoms. The number of fused-ring (bicyclic) bond motifs is 1. The lowest BCUT2D eigenvalue weighted by atomic mass is 10.00. The fraction of sp³-hybridized carbons (Fsp3) is 0.476. The molecule has 138 valence electrons. The van der Waals surface area contributed by atoms with Crippen LogP contribution >= 0.6 is 0 Å². The average molecular weight is 352 g/mol. The number of nitrogens with zero attached hydrogens (tertiary/aromatic N) is 4. The van der Waals surface area contributed by atoms with Crippen molar-refractivity contribution in [2.24, 2.45) is 0 Å². The number of pyridine rings is 1. The summed E-state index contributed by atoms with van der Waals surface area (Å²) >= 11 is 0. The summed E-state index contributed by atoms with van der Waals surface area (Å²) in [4.78, 5) is 11.7. The molecule has 5 heteroatoms. The summed E-state index contributed by atoms with van der Waals surface area (Å²) in [6.07, 6.45) is 2.01. The highest BCUT2D eigenvalue weighted by Crippen LogP contribution is 2.29. The highest BCUT2D eigenvalue weighted by atomic mass is 16.5. The van der Waals surface area contributed by atoms with Crippen molar-refractivity contribution in [3.8, 4) is 0 Å². The van der Waals surface area contributed by atoms with E-state index in [1.54, 1.807) is 0 Å². The lowest BCUT2D eigenvalue weighted by Gasteiger charge is -2.48. The van der Waals surface area contributed by atoms with Crippen LogP contribution in [0.1, 0.15) is 17.2 Å². The SMILES string of the molecule is CN(C)c1ccc(CN2CCN3[C@@H](COC[C@@H]3c3ccccc3)C2)cn1. The van der Waals surface area contributed by atoms with Gasteiger partial charge in [-0.1, -0.05) is 36.4 Å². The predicted molar refractivity (Wildman–Crippen MR) is 104 cm³/mol. The van der Waals surface area contributed by atoms with Crippen molar-refractivity contribution in [2.45, 2.75) is 18.6 Å². The van der Waals surface area contributed by atoms with Crippen molar-refractivity contribution in [3.05, 3.63) is 59.8 Å². The molecule has 0 spiro atoms. The van der Waals surface area contributed by atoms with Gasteiger partial charge in [0.25, 0.3) is 0 Å². The number of hydrogen-bond acceptors (Lipinski definition) is 5. The normalized spacial score (nSPS) is 24.2. The van der Waals surface area contributed by atoms with Crippen LogP contribution in [0.15, 0.2) is 48.7 Å². The maximum Gasteiger partial charge on any atom is 0.127 e. The Hall–Kier alpha value is -1.95. The van der Waals surface area contributed by atoms with E-state index in [9.17, 15) is 0 Å². The minimum absolute atomic E-state index is 0.387. The van der Waals surface area contributed by atoms with E-state index in [2.05, 4.69) is 57.2 Å². The Bertz CT molecular complexity index is 704. The van der Waals surface area contributed by atoms with Crippen LogP contribution in [0.5, 0.6) is 0 Å². The summed E-state index contributed by atoms with van der Waals surface area (Å²) in [5.74, 6) is 1.00. The molecule has 0 bridgehead atoms. The van der Waals surface area contributed by atoms with Crippen molar-refractivity contribution in [1.82, 2.24) is 14.8 Å². The van der Waals surface area contributed by atoms with Crippen molar-refractivity contribution >= 4 is 5.82 Å². The molecule has 2 atom stereocenters. The zero-order valence-electron chi connectivity index (χ0n) is 15.7. The Morgan fingerprint density at radius 2 is 1.92 bits per heavy atom. The van der Waals surface area contributed by atoms with Crippen LogP contribution in [-0.2, 0) is 11.3 Å². The second-order valence-electron chi connectivity index (χ2n) is 7.51. The molecular weight excluding hydrogens is 324 g/mol. The van der Waals surface area contributed by atoms with Gasteiger partial charge >= 0.3 is 0 Å². The molecule has 2 aliphatic rings. The van der Waals surface area contributed by atoms with Gasteiger partial charge in [0, 0.05) is 52.5 Å². The van der Waals surface area contributed by atoms with Crippen LogP contribution < -0.4 is 4.90 Å². The third-order valence-corrected chi connectivity index (χ3v) is 5.46. The minimum Gasteiger partial charge on any atom is -0.378 e. The molecule has 2 saturated heterocycles. The maximum absolute atomic E-state index is 5.96. The smallest absolute Gasteiger partial charge is 0.127 e. The van der Waals surface area contributed by atoms with Crippen molar-refractivity contribution in [2.75, 3.05) is 51.8 Å². The zero-order valence-corrected chi connectivity index (χ0v) is 15.7. The molecule has 0 unspecified atom stereocenters. The first-order valence-electron chi connectivity index (χ1n) is 9.44. The number of aromatic nitrogens is 1. The van der Waals surface area contributed by atoms with Crippen LogP contribution in [-0.4, -0.2) is 67.8 Å². The van der Waals surface area contributed by atoms with Gasteiger partial charge in [0.15, 0.2) is 0 Å². The Balaban J connectivity index is 1.40. The number of anilines is 1. The van der Waals surface area contributed by atoms with Gasteiger partial charge < -0.3 is 9.64 Å². The van der Waals surface area contributed by atoms with E-state index in [1.165, 1.54) is 11.1 Å². The molecule has 4 rings (SSSR count). The molecule has 2 aromatic rings. The number of piperazine rings is 1. The van der Waals surface area contributed by atoms with Crippen LogP contribution in [0, 0.1) is 0 Å². The molecule has 0 N–H and O–H groups in total. The highest BCUT2D eigenvalue weighted by Gasteiger charge is 2.36. The molecule has 0 saturated carbocycles. The first-order chi connectivity index (χ1) is 12.7. The van der Waals surface area contributed by atoms with Gasteiger partial charge in [0.2, 0.25) is 0 Å². The second kappa shape index (κ2) is 7.74. The van der Waals surface area contributed by atoms with Gasteiger partial charge in [-0.3, -0.25) is 9.80 Å². The first-order valence-corrected chi connectivity index (χ1v) is 9.44. The topological polar surface area (TPSA) is 31.8 Å². The van der Waals surface area contributed by atoms with Gasteiger partial charge in [0.05, 0.1) is 19.3 Å². The van der Waals surface area contributed by atoms with Crippen LogP contribution in [0.4, 0.5) is 5.82 Å². The van der Waals surface area contributed by atoms with E-state index in [0.717, 1.165) is 45.2 Å². The molecule has 1 aromatic carbocycles. The van der Waals surface area contributed by atoms with Crippen molar-refractivity contribution in [1.29, 1.82) is 0 Å². The van der Waals surface area contributed by atoms with E-state index in [0.29, 0.717) is 12.1 Å². The summed E-state index contributed by atoms with van der Waals surface area (Å²) < 4.78 is 5.96. The van der Waals surface area contributed by atoms with Crippen molar-refractivity contribution < 1.29 is 4.74 Å². The Labute approximate surface area is 156 Å². The zero-order chi connectivity index (χ0) is 17.9. The molecule has 0 amide bonds. The molecule has 0 aliphatic carbocycles. The standard InChI is InChI=1S/C21H28N4O/c1-23(2)21-9-8-17(12-22-21)13-24-10-11-25-19(14-24)15-26-16-20(25)18-6-4-3-5-7-18/h3-9,12,19-20H,10-11,13-16H2,1-2H3/t19-,20-/m1/s1. The largest absolute Gasteiger partial charge is 0.378 e. The number of hydrogen-bond donors (Lipinski definition) is 0. The predicted octanol–water partition coefficient (Wildman–Crippen LogP) is 2.41. The highest BCUT2D eigenvalue weighted by molar-refractivity contribution is 5.37. The summed E-state index contributed by atoms with van der Waals surface area (Å²) in [5, 5.41) is 0. The van der Waals surface area contributed by atoms with Crippen LogP contribution in [0.3, 0.4) is 0 Å². The number of rotatable bonds is 4. The van der Waals surface area contributed by atoms with Gasteiger partial charge in [-0.05, 0) is 17.2 Å². The van der Waals surface area contributed by atoms with Crippen LogP contribution in [0.2, 0.25) is 0 Å². The molecule has 3 heterocycles. The van der Waals surface area contributed by atoms with E-state index < -0.39 is 0 Å². The number of benzene rings is 1. The average Bonchev–Trinajstić information content (AvgIpc) is 2.68. The maximum atomic E-state index is 5.96. The van der Waals surface area contributed by atoms with Gasteiger partial charge in [-0.15, -0.1) is 0 Å². The lowest BCUT2D eigenvalue weighted by Crippen LogP contribution is -2.58. The summed E-state index contributed by atoms with van der Waals surface area (Å²) in [6.45, 7) is 5.83. The Morgan fingerprint density at radius 1 is 1.08 bits per heavy atom. The van der Waals surface area contributed by atoms with Gasteiger partial charge in [-0.25, -0.2) is 4.98 Å². The first kappa shape index (κ1) is 17.5. The Morgan fingerprint density at radius 3 is 2.65 bits per heavy atom. The third kappa shape index (κ3) is 3.75. The monoisotopic (exact) mass is 352 g/mol. The summed E-state index contributed by atoms with van der Waals surface area (Å²) in [5.41, 5.74) is 2.65. The van der Waals surface area contributed by atoms with Crippen LogP contribution in [0.25, 0.3) is 0 Å². The second-order valence-corrected chi connectivity index (χ2v) is 7.51. The fourth-order valence-electron chi connectivity index (χ4n) is 4.04. The molecule has 1 aromatic heterocycles. The molecule has 2 aliphatic heterocycles. The van der Waals surface area contributed by atoms with E-state index in [-0.39, 0.29) is 0 Å². The Kier molecular flexibility index (Phi) is 5.20. The quantitative estimate of drug-likeness (QED) is 0.844. The van der Waals surface area contributed by atoms with Crippen molar-refractivity contribution in [3.63, 3.8) is 0 Å².